The molecule has 0 bridgehead atoms. The molecule has 0 aliphatic carbocycles. The van der Waals surface area contributed by atoms with Crippen molar-refractivity contribution in [2.24, 2.45) is 11.7 Å². The van der Waals surface area contributed by atoms with Gasteiger partial charge in [-0.3, -0.25) is 4.79 Å². The number of carboxylic acids is 1. The molecule has 1 aliphatic rings. The van der Waals surface area contributed by atoms with Crippen LogP contribution in [0.3, 0.4) is 0 Å². The zero-order chi connectivity index (χ0) is 13.1. The van der Waals surface area contributed by atoms with Crippen LogP contribution in [0.15, 0.2) is 18.3 Å². The lowest BCUT2D eigenvalue weighted by molar-refractivity contribution is 0.0690. The molecule has 0 spiro atoms. The number of aromatic nitrogens is 1. The molecule has 1 unspecified atom stereocenters. The normalized spacial score (nSPS) is 18.9. The van der Waals surface area contributed by atoms with Crippen molar-refractivity contribution in [3.05, 3.63) is 29.6 Å². The summed E-state index contributed by atoms with van der Waals surface area (Å²) in [7, 11) is 0. The van der Waals surface area contributed by atoms with E-state index in [0.29, 0.717) is 31.1 Å². The predicted octanol–water partition coefficient (Wildman–Crippen LogP) is 0.201. The van der Waals surface area contributed by atoms with E-state index in [-0.39, 0.29) is 11.6 Å². The summed E-state index contributed by atoms with van der Waals surface area (Å²) in [5.41, 5.74) is 5.82. The summed E-state index contributed by atoms with van der Waals surface area (Å²) in [6.45, 7) is 1.88. The highest BCUT2D eigenvalue weighted by atomic mass is 16.4. The maximum atomic E-state index is 12.1. The second kappa shape index (κ2) is 5.14. The van der Waals surface area contributed by atoms with Crippen LogP contribution in [0, 0.1) is 5.92 Å². The molecule has 1 atom stereocenters. The van der Waals surface area contributed by atoms with E-state index < -0.39 is 5.97 Å². The third-order valence-electron chi connectivity index (χ3n) is 3.13. The Kier molecular flexibility index (Phi) is 3.57. The fourth-order valence-corrected chi connectivity index (χ4v) is 2.07. The molecule has 1 fully saturated rings. The van der Waals surface area contributed by atoms with E-state index in [0.717, 1.165) is 6.42 Å². The summed E-state index contributed by atoms with van der Waals surface area (Å²) < 4.78 is 0. The van der Waals surface area contributed by atoms with Gasteiger partial charge in [-0.15, -0.1) is 0 Å². The second-order valence-corrected chi connectivity index (χ2v) is 4.38. The first kappa shape index (κ1) is 12.5. The van der Waals surface area contributed by atoms with Gasteiger partial charge in [-0.25, -0.2) is 9.78 Å². The number of pyridine rings is 1. The Labute approximate surface area is 104 Å². The number of likely N-dealkylation sites (tertiary alicyclic amines) is 1. The maximum absolute atomic E-state index is 12.1. The average molecular weight is 249 g/mol. The molecular formula is C12H15N3O3. The van der Waals surface area contributed by atoms with Crippen molar-refractivity contribution in [2.45, 2.75) is 6.42 Å². The molecule has 2 rings (SSSR count). The first-order chi connectivity index (χ1) is 8.61. The lowest BCUT2D eigenvalue weighted by atomic mass is 10.1. The number of carboxylic acid groups (broad SMARTS) is 1. The number of nitrogens with two attached hydrogens (primary N) is 1. The third kappa shape index (κ3) is 2.48. The summed E-state index contributed by atoms with van der Waals surface area (Å²) in [6, 6.07) is 2.84. The van der Waals surface area contributed by atoms with Crippen LogP contribution in [0.5, 0.6) is 0 Å². The topological polar surface area (TPSA) is 96.5 Å². The van der Waals surface area contributed by atoms with Crippen molar-refractivity contribution in [2.75, 3.05) is 19.6 Å². The van der Waals surface area contributed by atoms with E-state index in [1.165, 1.54) is 18.3 Å². The van der Waals surface area contributed by atoms with Crippen LogP contribution >= 0.6 is 0 Å². The van der Waals surface area contributed by atoms with Crippen molar-refractivity contribution in [3.63, 3.8) is 0 Å². The Hall–Kier alpha value is -1.95. The zero-order valence-electron chi connectivity index (χ0n) is 9.87. The highest BCUT2D eigenvalue weighted by molar-refractivity contribution is 5.96. The minimum atomic E-state index is -1.13. The van der Waals surface area contributed by atoms with Gasteiger partial charge >= 0.3 is 5.97 Å². The van der Waals surface area contributed by atoms with E-state index in [4.69, 9.17) is 10.8 Å². The van der Waals surface area contributed by atoms with Gasteiger partial charge in [0.2, 0.25) is 0 Å². The van der Waals surface area contributed by atoms with Gasteiger partial charge in [0.25, 0.3) is 5.91 Å². The first-order valence-electron chi connectivity index (χ1n) is 5.80. The minimum absolute atomic E-state index is 0.115. The molecule has 1 amide bonds. The lowest BCUT2D eigenvalue weighted by Gasteiger charge is -2.16. The molecule has 0 saturated carbocycles. The van der Waals surface area contributed by atoms with Crippen LogP contribution in [0.2, 0.25) is 0 Å². The molecular weight excluding hydrogens is 234 g/mol. The van der Waals surface area contributed by atoms with Gasteiger partial charge in [-0.2, -0.15) is 0 Å². The fourth-order valence-electron chi connectivity index (χ4n) is 2.07. The molecule has 6 nitrogen and oxygen atoms in total. The Morgan fingerprint density at radius 1 is 1.56 bits per heavy atom. The molecule has 1 aliphatic heterocycles. The SMILES string of the molecule is NCC1CCN(C(=O)c2ccnc(C(=O)O)c2)C1. The Morgan fingerprint density at radius 2 is 2.33 bits per heavy atom. The van der Waals surface area contributed by atoms with Crippen molar-refractivity contribution in [3.8, 4) is 0 Å². The van der Waals surface area contributed by atoms with Crippen LogP contribution in [-0.2, 0) is 0 Å². The number of hydrogen-bond acceptors (Lipinski definition) is 4. The summed E-state index contributed by atoms with van der Waals surface area (Å²) in [5.74, 6) is -0.948. The number of amides is 1. The van der Waals surface area contributed by atoms with Gasteiger partial charge in [-0.1, -0.05) is 0 Å². The summed E-state index contributed by atoms with van der Waals surface area (Å²) in [6.07, 6.45) is 2.24. The predicted molar refractivity (Wildman–Crippen MR) is 64.3 cm³/mol. The summed E-state index contributed by atoms with van der Waals surface area (Å²) >= 11 is 0. The monoisotopic (exact) mass is 249 g/mol. The highest BCUT2D eigenvalue weighted by Gasteiger charge is 2.26. The third-order valence-corrected chi connectivity index (χ3v) is 3.13. The molecule has 3 N–H and O–H groups in total. The van der Waals surface area contributed by atoms with Gasteiger partial charge < -0.3 is 15.7 Å². The first-order valence-corrected chi connectivity index (χ1v) is 5.80. The highest BCUT2D eigenvalue weighted by Crippen LogP contribution is 2.17. The van der Waals surface area contributed by atoms with E-state index in [1.807, 2.05) is 0 Å². The number of carbonyl (C=O) groups is 2. The summed E-state index contributed by atoms with van der Waals surface area (Å²) in [4.78, 5) is 28.3. The molecule has 96 valence electrons. The fraction of sp³-hybridized carbons (Fsp3) is 0.417. The lowest BCUT2D eigenvalue weighted by Crippen LogP contribution is -2.30. The van der Waals surface area contributed by atoms with Gasteiger partial charge in [0.1, 0.15) is 5.69 Å². The van der Waals surface area contributed by atoms with E-state index in [1.54, 1.807) is 4.90 Å². The van der Waals surface area contributed by atoms with Crippen LogP contribution < -0.4 is 5.73 Å². The number of hydrogen-bond donors (Lipinski definition) is 2. The van der Waals surface area contributed by atoms with Crippen LogP contribution in [0.1, 0.15) is 27.3 Å². The largest absolute Gasteiger partial charge is 0.477 e. The Morgan fingerprint density at radius 3 is 2.94 bits per heavy atom. The number of aromatic carboxylic acids is 1. The molecule has 1 aromatic rings. The standard InChI is InChI=1S/C12H15N3O3/c13-6-8-2-4-15(7-8)11(16)9-1-3-14-10(5-9)12(17)18/h1,3,5,8H,2,4,6-7,13H2,(H,17,18). The van der Waals surface area contributed by atoms with Crippen LogP contribution in [0.4, 0.5) is 0 Å². The van der Waals surface area contributed by atoms with Gasteiger partial charge in [0.05, 0.1) is 0 Å². The molecule has 2 heterocycles. The van der Waals surface area contributed by atoms with E-state index in [2.05, 4.69) is 4.98 Å². The van der Waals surface area contributed by atoms with Crippen molar-refractivity contribution < 1.29 is 14.7 Å². The molecule has 6 heteroatoms. The average Bonchev–Trinajstić information content (AvgIpc) is 2.86. The molecule has 18 heavy (non-hydrogen) atoms. The quantitative estimate of drug-likeness (QED) is 0.797. The van der Waals surface area contributed by atoms with Crippen molar-refractivity contribution in [1.29, 1.82) is 0 Å². The van der Waals surface area contributed by atoms with Crippen molar-refractivity contribution >= 4 is 11.9 Å². The van der Waals surface area contributed by atoms with E-state index in [9.17, 15) is 9.59 Å². The number of nitrogens with zero attached hydrogens (tertiary/aromatic N) is 2. The second-order valence-electron chi connectivity index (χ2n) is 4.38. The van der Waals surface area contributed by atoms with Gasteiger partial charge in [-0.05, 0) is 31.0 Å². The Bertz CT molecular complexity index is 475. The Balaban J connectivity index is 2.14. The smallest absolute Gasteiger partial charge is 0.354 e. The van der Waals surface area contributed by atoms with E-state index >= 15 is 0 Å². The molecule has 0 radical (unpaired) electrons. The maximum Gasteiger partial charge on any atom is 0.354 e. The summed E-state index contributed by atoms with van der Waals surface area (Å²) in [5, 5.41) is 8.83. The molecule has 1 aromatic heterocycles. The van der Waals surface area contributed by atoms with Gasteiger partial charge in [0.15, 0.2) is 0 Å². The zero-order valence-corrected chi connectivity index (χ0v) is 9.87. The van der Waals surface area contributed by atoms with Gasteiger partial charge in [0, 0.05) is 24.8 Å². The van der Waals surface area contributed by atoms with Crippen molar-refractivity contribution in [1.82, 2.24) is 9.88 Å². The number of rotatable bonds is 3. The minimum Gasteiger partial charge on any atom is -0.477 e. The molecule has 1 saturated heterocycles. The number of carbonyl (C=O) groups excluding carboxylic acids is 1. The van der Waals surface area contributed by atoms with Crippen LogP contribution in [0.25, 0.3) is 0 Å². The molecule has 0 aromatic carbocycles. The van der Waals surface area contributed by atoms with Crippen LogP contribution in [-0.4, -0.2) is 46.5 Å².